The fraction of sp³-hybridized carbons (Fsp3) is 0.538. The first kappa shape index (κ1) is 16.7. The molecule has 20 heavy (non-hydrogen) atoms. The predicted molar refractivity (Wildman–Crippen MR) is 80.8 cm³/mol. The van der Waals surface area contributed by atoms with Crippen molar-refractivity contribution in [3.05, 3.63) is 18.2 Å². The summed E-state index contributed by atoms with van der Waals surface area (Å²) in [5.41, 5.74) is 6.68. The van der Waals surface area contributed by atoms with Crippen molar-refractivity contribution < 1.29 is 13.5 Å². The Bertz CT molecular complexity index is 565. The Balaban J connectivity index is 3.13. The van der Waals surface area contributed by atoms with Crippen molar-refractivity contribution in [1.29, 1.82) is 0 Å². The highest BCUT2D eigenvalue weighted by Gasteiger charge is 2.25. The normalized spacial score (nSPS) is 14.1. The van der Waals surface area contributed by atoms with Crippen molar-refractivity contribution in [3.63, 3.8) is 0 Å². The summed E-state index contributed by atoms with van der Waals surface area (Å²) in [6.45, 7) is 6.11. The van der Waals surface area contributed by atoms with Crippen molar-refractivity contribution in [2.75, 3.05) is 17.7 Å². The van der Waals surface area contributed by atoms with Gasteiger partial charge in [-0.05, 0) is 30.0 Å². The Kier molecular flexibility index (Phi) is 5.01. The van der Waals surface area contributed by atoms with Crippen LogP contribution in [-0.4, -0.2) is 26.2 Å². The highest BCUT2D eigenvalue weighted by atomic mass is 32.2. The van der Waals surface area contributed by atoms with Gasteiger partial charge in [-0.25, -0.2) is 13.6 Å². The van der Waals surface area contributed by atoms with E-state index in [0.29, 0.717) is 17.8 Å². The summed E-state index contributed by atoms with van der Waals surface area (Å²) in [6.07, 6.45) is 0.530. The topological polar surface area (TPSA) is 118 Å². The SMILES string of the molecule is CC(C)(C)C(CCO)Nc1cc(S(N)(=O)=O)ccc1N. The minimum atomic E-state index is -3.77. The maximum absolute atomic E-state index is 11.4. The molecule has 0 aromatic heterocycles. The average molecular weight is 301 g/mol. The number of nitrogens with one attached hydrogen (secondary N) is 1. The van der Waals surface area contributed by atoms with Gasteiger partial charge in [0, 0.05) is 12.6 Å². The molecule has 1 aromatic rings. The van der Waals surface area contributed by atoms with Crippen LogP contribution < -0.4 is 16.2 Å². The number of hydrogen-bond donors (Lipinski definition) is 4. The predicted octanol–water partition coefficient (Wildman–Crippen LogP) is 1.13. The molecule has 0 bridgehead atoms. The zero-order valence-corrected chi connectivity index (χ0v) is 12.9. The van der Waals surface area contributed by atoms with Gasteiger partial charge in [0.1, 0.15) is 0 Å². The third-order valence-corrected chi connectivity index (χ3v) is 4.06. The molecule has 0 fully saturated rings. The molecule has 0 radical (unpaired) electrons. The molecule has 0 amide bonds. The van der Waals surface area contributed by atoms with Gasteiger partial charge in [-0.3, -0.25) is 0 Å². The van der Waals surface area contributed by atoms with Gasteiger partial charge in [0.2, 0.25) is 10.0 Å². The number of benzene rings is 1. The van der Waals surface area contributed by atoms with E-state index in [9.17, 15) is 8.42 Å². The highest BCUT2D eigenvalue weighted by molar-refractivity contribution is 7.89. The standard InChI is InChI=1S/C13H23N3O3S/c1-13(2,3)12(6-7-17)16-11-8-9(20(15,18)19)4-5-10(11)14/h4-5,8,12,16-17H,6-7,14H2,1-3H3,(H2,15,18,19). The Morgan fingerprint density at radius 3 is 2.40 bits per heavy atom. The summed E-state index contributed by atoms with van der Waals surface area (Å²) in [5, 5.41) is 17.5. The molecule has 114 valence electrons. The summed E-state index contributed by atoms with van der Waals surface area (Å²) in [5.74, 6) is 0. The summed E-state index contributed by atoms with van der Waals surface area (Å²) < 4.78 is 22.7. The minimum absolute atomic E-state index is 0.00542. The van der Waals surface area contributed by atoms with E-state index in [2.05, 4.69) is 5.32 Å². The van der Waals surface area contributed by atoms with Crippen molar-refractivity contribution in [1.82, 2.24) is 0 Å². The smallest absolute Gasteiger partial charge is 0.238 e. The van der Waals surface area contributed by atoms with Gasteiger partial charge < -0.3 is 16.2 Å². The summed E-state index contributed by atoms with van der Waals surface area (Å²) in [7, 11) is -3.77. The third-order valence-electron chi connectivity index (χ3n) is 3.15. The molecular formula is C13H23N3O3S. The van der Waals surface area contributed by atoms with Gasteiger partial charge in [-0.2, -0.15) is 0 Å². The lowest BCUT2D eigenvalue weighted by molar-refractivity contribution is 0.235. The van der Waals surface area contributed by atoms with Crippen LogP contribution in [0.2, 0.25) is 0 Å². The van der Waals surface area contributed by atoms with E-state index < -0.39 is 10.0 Å². The van der Waals surface area contributed by atoms with E-state index in [1.54, 1.807) is 0 Å². The van der Waals surface area contributed by atoms with Gasteiger partial charge in [0.25, 0.3) is 0 Å². The van der Waals surface area contributed by atoms with E-state index in [4.69, 9.17) is 16.0 Å². The van der Waals surface area contributed by atoms with Crippen LogP contribution in [0.4, 0.5) is 11.4 Å². The van der Waals surface area contributed by atoms with Crippen LogP contribution in [0.1, 0.15) is 27.2 Å². The number of sulfonamides is 1. The first-order valence-corrected chi connectivity index (χ1v) is 7.90. The molecule has 0 aliphatic heterocycles. The molecule has 0 spiro atoms. The second-order valence-corrected chi connectivity index (χ2v) is 7.43. The monoisotopic (exact) mass is 301 g/mol. The maximum Gasteiger partial charge on any atom is 0.238 e. The van der Waals surface area contributed by atoms with E-state index in [1.165, 1.54) is 18.2 Å². The molecule has 1 rings (SSSR count). The Labute approximate surface area is 120 Å². The van der Waals surface area contributed by atoms with E-state index >= 15 is 0 Å². The molecule has 0 heterocycles. The van der Waals surface area contributed by atoms with Crippen LogP contribution in [-0.2, 0) is 10.0 Å². The first-order chi connectivity index (χ1) is 9.05. The number of aliphatic hydroxyl groups excluding tert-OH is 1. The van der Waals surface area contributed by atoms with Gasteiger partial charge in [0.15, 0.2) is 0 Å². The van der Waals surface area contributed by atoms with Gasteiger partial charge in [0.05, 0.1) is 16.3 Å². The molecule has 0 saturated carbocycles. The first-order valence-electron chi connectivity index (χ1n) is 6.35. The number of nitrogens with two attached hydrogens (primary N) is 2. The largest absolute Gasteiger partial charge is 0.397 e. The third kappa shape index (κ3) is 4.36. The average Bonchev–Trinajstić information content (AvgIpc) is 2.28. The number of primary sulfonamides is 1. The maximum atomic E-state index is 11.4. The fourth-order valence-electron chi connectivity index (χ4n) is 1.88. The lowest BCUT2D eigenvalue weighted by Gasteiger charge is -2.32. The highest BCUT2D eigenvalue weighted by Crippen LogP contribution is 2.29. The molecule has 0 aliphatic rings. The number of aliphatic hydroxyl groups is 1. The summed E-state index contributed by atoms with van der Waals surface area (Å²) in [6, 6.07) is 4.24. The van der Waals surface area contributed by atoms with Gasteiger partial charge >= 0.3 is 0 Å². The Hall–Kier alpha value is -1.31. The van der Waals surface area contributed by atoms with Crippen molar-refractivity contribution in [3.8, 4) is 0 Å². The molecular weight excluding hydrogens is 278 g/mol. The molecule has 1 aromatic carbocycles. The number of hydrogen-bond acceptors (Lipinski definition) is 5. The van der Waals surface area contributed by atoms with Crippen LogP contribution in [0.15, 0.2) is 23.1 Å². The molecule has 6 N–H and O–H groups in total. The van der Waals surface area contributed by atoms with Crippen LogP contribution in [0, 0.1) is 5.41 Å². The minimum Gasteiger partial charge on any atom is -0.397 e. The van der Waals surface area contributed by atoms with Gasteiger partial charge in [-0.1, -0.05) is 20.8 Å². The molecule has 0 aliphatic carbocycles. The molecule has 7 heteroatoms. The molecule has 0 saturated heterocycles. The van der Waals surface area contributed by atoms with Crippen LogP contribution in [0.25, 0.3) is 0 Å². The van der Waals surface area contributed by atoms with E-state index in [1.807, 2.05) is 20.8 Å². The van der Waals surface area contributed by atoms with Crippen LogP contribution in [0.5, 0.6) is 0 Å². The second kappa shape index (κ2) is 5.99. The lowest BCUT2D eigenvalue weighted by atomic mass is 9.84. The summed E-state index contributed by atoms with van der Waals surface area (Å²) in [4.78, 5) is 0.00542. The molecule has 6 nitrogen and oxygen atoms in total. The van der Waals surface area contributed by atoms with E-state index in [-0.39, 0.29) is 23.0 Å². The summed E-state index contributed by atoms with van der Waals surface area (Å²) >= 11 is 0. The lowest BCUT2D eigenvalue weighted by Crippen LogP contribution is -2.35. The van der Waals surface area contributed by atoms with Crippen molar-refractivity contribution >= 4 is 21.4 Å². The molecule has 1 unspecified atom stereocenters. The Morgan fingerprint density at radius 2 is 1.95 bits per heavy atom. The van der Waals surface area contributed by atoms with Gasteiger partial charge in [-0.15, -0.1) is 0 Å². The second-order valence-electron chi connectivity index (χ2n) is 5.87. The van der Waals surface area contributed by atoms with E-state index in [0.717, 1.165) is 0 Å². The zero-order valence-electron chi connectivity index (χ0n) is 12.1. The number of nitrogen functional groups attached to an aromatic ring is 1. The van der Waals surface area contributed by atoms with Crippen molar-refractivity contribution in [2.45, 2.75) is 38.1 Å². The number of anilines is 2. The van der Waals surface area contributed by atoms with Crippen molar-refractivity contribution in [2.24, 2.45) is 10.6 Å². The molecule has 1 atom stereocenters. The number of rotatable bonds is 5. The van der Waals surface area contributed by atoms with Crippen LogP contribution >= 0.6 is 0 Å². The fourth-order valence-corrected chi connectivity index (χ4v) is 2.42. The quantitative estimate of drug-likeness (QED) is 0.608. The zero-order chi connectivity index (χ0) is 15.6. The van der Waals surface area contributed by atoms with Crippen LogP contribution in [0.3, 0.4) is 0 Å². The Morgan fingerprint density at radius 1 is 1.35 bits per heavy atom.